The van der Waals surface area contributed by atoms with Gasteiger partial charge in [0.25, 0.3) is 5.69 Å². The third kappa shape index (κ3) is 13.5. The summed E-state index contributed by atoms with van der Waals surface area (Å²) in [5.41, 5.74) is 4.34. The van der Waals surface area contributed by atoms with E-state index in [1.54, 1.807) is 42.5 Å². The number of hydrogen-bond acceptors (Lipinski definition) is 13. The molecule has 2 aliphatic carbocycles. The summed E-state index contributed by atoms with van der Waals surface area (Å²) in [6.45, 7) is 6.85. The number of nitrogens with zero attached hydrogens (tertiary/aromatic N) is 3. The van der Waals surface area contributed by atoms with Crippen molar-refractivity contribution in [2.24, 2.45) is 22.9 Å². The third-order valence-electron chi connectivity index (χ3n) is 15.4. The highest BCUT2D eigenvalue weighted by atomic mass is 16.7. The topological polar surface area (TPSA) is 189 Å². The molecule has 2 N–H and O–H groups in total. The fourth-order valence-corrected chi connectivity index (χ4v) is 11.7. The standard InChI is InChI=1S/C61H75N3O12/c1-3-5-6-7-8-9-10-11-12-22-58(68)63(39-44-25-29-55-56(35-44)72-42-71-55)57-38-53(62-74-41-43-23-26-47(27-24-43)64(69)70)51-36-46(19-13-15-31-65)50(21-14-16-32-66)59-52-37-49(75-48-20-17-18-45(34-48)40-67)28-30-54(52)76-61(57,60(51)59)73-33-4-2/h4,17-18,20,23-30,34-37,40,46,50,57,59-60,65-66H,2-3,5-16,19,21-22,31-33,38-39,41-42H2,1H3/t46-,50+,57-,59+,60+,61+/m0/s1. The number of benzene rings is 4. The van der Waals surface area contributed by atoms with Crippen LogP contribution in [0.15, 0.2) is 114 Å². The molecule has 2 heterocycles. The molecule has 6 atom stereocenters. The molecule has 406 valence electrons. The lowest BCUT2D eigenvalue weighted by Crippen LogP contribution is -2.70. The largest absolute Gasteiger partial charge is 0.459 e. The number of nitro groups is 1. The van der Waals surface area contributed by atoms with Gasteiger partial charge in [0.2, 0.25) is 18.5 Å². The quantitative estimate of drug-likeness (QED) is 0.0160. The first-order valence-electron chi connectivity index (χ1n) is 27.5. The second-order valence-corrected chi connectivity index (χ2v) is 20.5. The lowest BCUT2D eigenvalue weighted by molar-refractivity contribution is -0.384. The zero-order valence-corrected chi connectivity index (χ0v) is 44.0. The molecule has 0 unspecified atom stereocenters. The van der Waals surface area contributed by atoms with Gasteiger partial charge < -0.3 is 43.6 Å². The summed E-state index contributed by atoms with van der Waals surface area (Å²) in [7, 11) is 0. The van der Waals surface area contributed by atoms with Gasteiger partial charge in [-0.25, -0.2) is 0 Å². The van der Waals surface area contributed by atoms with Gasteiger partial charge in [0.15, 0.2) is 11.5 Å². The maximum Gasteiger partial charge on any atom is 0.269 e. The van der Waals surface area contributed by atoms with Gasteiger partial charge in [0, 0.05) is 61.8 Å². The fourth-order valence-electron chi connectivity index (χ4n) is 11.7. The molecule has 0 bridgehead atoms. The first-order chi connectivity index (χ1) is 37.2. The van der Waals surface area contributed by atoms with E-state index in [9.17, 15) is 25.1 Å². The molecule has 1 fully saturated rings. The number of ether oxygens (including phenoxy) is 5. The van der Waals surface area contributed by atoms with Gasteiger partial charge in [-0.05, 0) is 115 Å². The molecular formula is C61H75N3O12. The highest BCUT2D eigenvalue weighted by molar-refractivity contribution is 6.03. The van der Waals surface area contributed by atoms with E-state index in [1.165, 1.54) is 44.2 Å². The van der Waals surface area contributed by atoms with Crippen LogP contribution in [-0.4, -0.2) is 76.4 Å². The van der Waals surface area contributed by atoms with Gasteiger partial charge in [-0.1, -0.05) is 107 Å². The van der Waals surface area contributed by atoms with Crippen molar-refractivity contribution in [3.63, 3.8) is 0 Å². The van der Waals surface area contributed by atoms with Crippen molar-refractivity contribution in [3.8, 4) is 28.7 Å². The average Bonchev–Trinajstić information content (AvgIpc) is 3.99. The van der Waals surface area contributed by atoms with E-state index in [0.717, 1.165) is 67.9 Å². The van der Waals surface area contributed by atoms with Gasteiger partial charge in [0.1, 0.15) is 36.2 Å². The number of aliphatic hydroxyl groups is 2. The van der Waals surface area contributed by atoms with E-state index >= 15 is 4.79 Å². The first kappa shape index (κ1) is 55.7. The Bertz CT molecular complexity index is 2650. The van der Waals surface area contributed by atoms with E-state index in [-0.39, 0.29) is 75.5 Å². The van der Waals surface area contributed by atoms with E-state index < -0.39 is 22.7 Å². The van der Waals surface area contributed by atoms with Gasteiger partial charge >= 0.3 is 0 Å². The summed E-state index contributed by atoms with van der Waals surface area (Å²) in [5, 5.41) is 36.7. The van der Waals surface area contributed by atoms with Crippen LogP contribution < -0.4 is 18.9 Å². The molecular weight excluding hydrogens is 967 g/mol. The molecule has 2 aliphatic heterocycles. The Balaban J connectivity index is 1.28. The number of aldehydes is 1. The number of oxime groups is 1. The maximum absolute atomic E-state index is 15.5. The van der Waals surface area contributed by atoms with Crippen LogP contribution in [0, 0.1) is 27.9 Å². The minimum atomic E-state index is -1.51. The molecule has 4 aromatic carbocycles. The second-order valence-electron chi connectivity index (χ2n) is 20.5. The Morgan fingerprint density at radius 3 is 2.29 bits per heavy atom. The molecule has 0 radical (unpaired) electrons. The second kappa shape index (κ2) is 27.5. The molecule has 0 saturated heterocycles. The summed E-state index contributed by atoms with van der Waals surface area (Å²) in [5.74, 6) is 0.319. The van der Waals surface area contributed by atoms with Gasteiger partial charge in [-0.2, -0.15) is 0 Å². The number of nitro benzene ring substituents is 1. The van der Waals surface area contributed by atoms with Crippen molar-refractivity contribution in [1.29, 1.82) is 0 Å². The predicted molar refractivity (Wildman–Crippen MR) is 290 cm³/mol. The fraction of sp³-hybridized carbons (Fsp3) is 0.492. The number of carbonyl (C=O) groups is 2. The average molecular weight is 1040 g/mol. The lowest BCUT2D eigenvalue weighted by atomic mass is 9.55. The van der Waals surface area contributed by atoms with Gasteiger partial charge in [-0.3, -0.25) is 19.7 Å². The number of aliphatic hydroxyl groups excluding tert-OH is 2. The van der Waals surface area contributed by atoms with Crippen LogP contribution in [0.2, 0.25) is 0 Å². The van der Waals surface area contributed by atoms with E-state index in [2.05, 4.69) is 19.6 Å². The van der Waals surface area contributed by atoms with E-state index in [4.69, 9.17) is 33.7 Å². The summed E-state index contributed by atoms with van der Waals surface area (Å²) in [4.78, 5) is 46.6. The van der Waals surface area contributed by atoms with Gasteiger partial charge in [0.05, 0.1) is 23.2 Å². The lowest BCUT2D eigenvalue weighted by Gasteiger charge is -2.60. The predicted octanol–water partition coefficient (Wildman–Crippen LogP) is 12.7. The summed E-state index contributed by atoms with van der Waals surface area (Å²) in [6, 6.07) is 23.9. The smallest absolute Gasteiger partial charge is 0.269 e. The van der Waals surface area contributed by atoms with Crippen LogP contribution in [0.4, 0.5) is 5.69 Å². The van der Waals surface area contributed by atoms with Crippen LogP contribution in [0.5, 0.6) is 28.7 Å². The minimum Gasteiger partial charge on any atom is -0.459 e. The minimum absolute atomic E-state index is 0.0205. The van der Waals surface area contributed by atoms with Crippen LogP contribution in [-0.2, 0) is 27.5 Å². The third-order valence-corrected chi connectivity index (χ3v) is 15.4. The van der Waals surface area contributed by atoms with E-state index in [0.29, 0.717) is 71.3 Å². The first-order valence-corrected chi connectivity index (χ1v) is 27.5. The van der Waals surface area contributed by atoms with Crippen molar-refractivity contribution in [3.05, 3.63) is 142 Å². The number of fused-ring (bicyclic) bond motifs is 3. The van der Waals surface area contributed by atoms with Crippen LogP contribution >= 0.6 is 0 Å². The molecule has 15 nitrogen and oxygen atoms in total. The van der Waals surface area contributed by atoms with Gasteiger partial charge in [-0.15, -0.1) is 6.58 Å². The Morgan fingerprint density at radius 2 is 1.55 bits per heavy atom. The summed E-state index contributed by atoms with van der Waals surface area (Å²) >= 11 is 0. The van der Waals surface area contributed by atoms with Crippen LogP contribution in [0.25, 0.3) is 0 Å². The highest BCUT2D eigenvalue weighted by Crippen LogP contribution is 2.62. The molecule has 0 aromatic heterocycles. The van der Waals surface area contributed by atoms with Crippen molar-refractivity contribution < 1.29 is 53.2 Å². The monoisotopic (exact) mass is 1040 g/mol. The number of unbranched alkanes of at least 4 members (excludes halogenated alkanes) is 10. The van der Waals surface area contributed by atoms with Crippen molar-refractivity contribution in [1.82, 2.24) is 4.90 Å². The number of allylic oxidation sites excluding steroid dienone is 1. The number of amides is 1. The van der Waals surface area contributed by atoms with Crippen molar-refractivity contribution in [2.45, 2.75) is 147 Å². The zero-order chi connectivity index (χ0) is 53.3. The SMILES string of the molecule is C=CCO[C@@]12Oc3ccc(Oc4cccc(C=O)c4)cc3[C@H]3[C@H](CCCCO)[C@@H](CCCCO)C=C(C(=NOCc4ccc([N+](=O)[O-])cc4)C[C@@H]1N(Cc1ccc4c(c1)OCO4)C(=O)CCCCCCCCCCC)[C@H]32. The summed E-state index contributed by atoms with van der Waals surface area (Å²) in [6.07, 6.45) is 19.4. The molecule has 76 heavy (non-hydrogen) atoms. The van der Waals surface area contributed by atoms with Crippen LogP contribution in [0.1, 0.15) is 149 Å². The van der Waals surface area contributed by atoms with E-state index in [1.807, 2.05) is 41.3 Å². The number of carbonyl (C=O) groups excluding carboxylic acids is 2. The zero-order valence-electron chi connectivity index (χ0n) is 44.0. The maximum atomic E-state index is 15.5. The van der Waals surface area contributed by atoms with Crippen molar-refractivity contribution in [2.75, 3.05) is 26.6 Å². The molecule has 0 spiro atoms. The Morgan fingerprint density at radius 1 is 0.842 bits per heavy atom. The molecule has 8 rings (SSSR count). The highest BCUT2D eigenvalue weighted by Gasteiger charge is 2.65. The number of rotatable bonds is 31. The number of hydrogen-bond donors (Lipinski definition) is 2. The molecule has 15 heteroatoms. The van der Waals surface area contributed by atoms with Crippen molar-refractivity contribution >= 4 is 23.6 Å². The Labute approximate surface area is 447 Å². The molecule has 4 aromatic rings. The van der Waals surface area contributed by atoms with Crippen LogP contribution in [0.3, 0.4) is 0 Å². The Kier molecular flexibility index (Phi) is 20.1. The number of non-ortho nitro benzene ring substituents is 1. The molecule has 1 amide bonds. The molecule has 1 saturated carbocycles. The molecule has 4 aliphatic rings. The normalized spacial score (nSPS) is 21.4. The Hall–Kier alpha value is -6.55. The summed E-state index contributed by atoms with van der Waals surface area (Å²) < 4.78 is 32.9.